The fourth-order valence-corrected chi connectivity index (χ4v) is 3.88. The van der Waals surface area contributed by atoms with Crippen molar-refractivity contribution in [1.82, 2.24) is 9.80 Å². The lowest BCUT2D eigenvalue weighted by Gasteiger charge is -2.40. The summed E-state index contributed by atoms with van der Waals surface area (Å²) < 4.78 is 0. The van der Waals surface area contributed by atoms with E-state index in [-0.39, 0.29) is 18.4 Å². The molecule has 24 heavy (non-hydrogen) atoms. The van der Waals surface area contributed by atoms with E-state index >= 15 is 0 Å². The summed E-state index contributed by atoms with van der Waals surface area (Å²) in [7, 11) is 0. The van der Waals surface area contributed by atoms with Gasteiger partial charge in [-0.1, -0.05) is 42.8 Å². The van der Waals surface area contributed by atoms with Gasteiger partial charge in [-0.25, -0.2) is 0 Å². The first-order valence-electron chi connectivity index (χ1n) is 8.27. The van der Waals surface area contributed by atoms with Crippen LogP contribution in [0.5, 0.6) is 0 Å². The van der Waals surface area contributed by atoms with Crippen LogP contribution in [0.3, 0.4) is 0 Å². The second-order valence-electron chi connectivity index (χ2n) is 6.18. The minimum atomic E-state index is -0.475. The molecule has 1 aromatic carbocycles. The lowest BCUT2D eigenvalue weighted by molar-refractivity contribution is -0.156. The van der Waals surface area contributed by atoms with Crippen LogP contribution in [0.25, 0.3) is 0 Å². The Kier molecular flexibility index (Phi) is 5.00. The summed E-state index contributed by atoms with van der Waals surface area (Å²) in [6, 6.07) is 11.5. The summed E-state index contributed by atoms with van der Waals surface area (Å²) in [5.41, 5.74) is 2.24. The van der Waals surface area contributed by atoms with E-state index in [0.717, 1.165) is 16.9 Å². The summed E-state index contributed by atoms with van der Waals surface area (Å²) in [4.78, 5) is 30.1. The van der Waals surface area contributed by atoms with Crippen LogP contribution in [0.1, 0.15) is 35.4 Å². The van der Waals surface area contributed by atoms with E-state index in [9.17, 15) is 9.59 Å². The van der Waals surface area contributed by atoms with Crippen LogP contribution < -0.4 is 0 Å². The van der Waals surface area contributed by atoms with Crippen molar-refractivity contribution in [2.75, 3.05) is 13.1 Å². The van der Waals surface area contributed by atoms with E-state index in [0.29, 0.717) is 13.1 Å². The molecule has 0 N–H and O–H groups in total. The zero-order valence-electron chi connectivity index (χ0n) is 14.1. The predicted octanol–water partition coefficient (Wildman–Crippen LogP) is 3.38. The van der Waals surface area contributed by atoms with E-state index in [1.165, 1.54) is 16.9 Å². The van der Waals surface area contributed by atoms with Crippen molar-refractivity contribution < 1.29 is 9.59 Å². The van der Waals surface area contributed by atoms with E-state index in [1.54, 1.807) is 9.80 Å². The van der Waals surface area contributed by atoms with Crippen molar-refractivity contribution >= 4 is 23.2 Å². The Morgan fingerprint density at radius 3 is 2.54 bits per heavy atom. The average molecular weight is 342 g/mol. The zero-order valence-corrected chi connectivity index (χ0v) is 14.9. The summed E-state index contributed by atoms with van der Waals surface area (Å²) >= 11 is 1.53. The highest BCUT2D eigenvalue weighted by molar-refractivity contribution is 7.10. The second kappa shape index (κ2) is 7.18. The van der Waals surface area contributed by atoms with Gasteiger partial charge in [0.25, 0.3) is 5.91 Å². The Morgan fingerprint density at radius 2 is 1.92 bits per heavy atom. The Bertz CT molecular complexity index is 709. The maximum atomic E-state index is 13.1. The Hall–Kier alpha value is -2.14. The van der Waals surface area contributed by atoms with Gasteiger partial charge in [0.05, 0.1) is 0 Å². The lowest BCUT2D eigenvalue weighted by Crippen LogP contribution is -2.55. The molecule has 1 aliphatic rings. The highest BCUT2D eigenvalue weighted by atomic mass is 32.1. The van der Waals surface area contributed by atoms with Gasteiger partial charge in [0.1, 0.15) is 12.6 Å². The molecular weight excluding hydrogens is 320 g/mol. The van der Waals surface area contributed by atoms with Crippen molar-refractivity contribution in [1.29, 1.82) is 0 Å². The second-order valence-corrected chi connectivity index (χ2v) is 7.16. The average Bonchev–Trinajstić information content (AvgIpc) is 3.08. The van der Waals surface area contributed by atoms with Gasteiger partial charge in [0.15, 0.2) is 0 Å². The quantitative estimate of drug-likeness (QED) is 0.836. The van der Waals surface area contributed by atoms with Gasteiger partial charge < -0.3 is 9.80 Å². The lowest BCUT2D eigenvalue weighted by atomic mass is 10.1. The fourth-order valence-electron chi connectivity index (χ4n) is 3.05. The number of nitrogens with zero attached hydrogens (tertiary/aromatic N) is 2. The van der Waals surface area contributed by atoms with Crippen LogP contribution in [0.2, 0.25) is 0 Å². The van der Waals surface area contributed by atoms with Gasteiger partial charge in [-0.15, -0.1) is 11.3 Å². The van der Waals surface area contributed by atoms with Gasteiger partial charge >= 0.3 is 0 Å². The zero-order chi connectivity index (χ0) is 17.1. The summed E-state index contributed by atoms with van der Waals surface area (Å²) in [6.45, 7) is 5.32. The third-order valence-electron chi connectivity index (χ3n) is 4.27. The molecular formula is C19H22N2O2S. The molecule has 2 amide bonds. The molecule has 2 heterocycles. The fraction of sp³-hybridized carbons (Fsp3) is 0.368. The van der Waals surface area contributed by atoms with E-state index < -0.39 is 6.04 Å². The molecule has 0 saturated carbocycles. The third-order valence-corrected chi connectivity index (χ3v) is 5.20. The molecule has 1 unspecified atom stereocenters. The molecule has 2 aromatic rings. The Labute approximate surface area is 146 Å². The highest BCUT2D eigenvalue weighted by Gasteiger charge is 2.40. The van der Waals surface area contributed by atoms with Gasteiger partial charge in [-0.05, 0) is 30.4 Å². The third kappa shape index (κ3) is 3.36. The van der Waals surface area contributed by atoms with Crippen molar-refractivity contribution in [2.45, 2.75) is 32.9 Å². The maximum absolute atomic E-state index is 13.1. The summed E-state index contributed by atoms with van der Waals surface area (Å²) in [6.07, 6.45) is 0.846. The molecule has 3 rings (SSSR count). The van der Waals surface area contributed by atoms with Crippen molar-refractivity contribution in [3.63, 3.8) is 0 Å². The molecule has 1 atom stereocenters. The van der Waals surface area contributed by atoms with Gasteiger partial charge in [-0.3, -0.25) is 9.59 Å². The van der Waals surface area contributed by atoms with Gasteiger partial charge in [0, 0.05) is 18.0 Å². The minimum absolute atomic E-state index is 0.0195. The number of benzene rings is 1. The SMILES string of the molecule is CCCN1C(=O)CN(Cc2ccc(C)cc2)C(=O)C1c1cccs1. The molecule has 1 aliphatic heterocycles. The molecule has 1 saturated heterocycles. The van der Waals surface area contributed by atoms with Crippen LogP contribution in [0.4, 0.5) is 0 Å². The van der Waals surface area contributed by atoms with Crippen LogP contribution in [0, 0.1) is 6.92 Å². The number of hydrogen-bond acceptors (Lipinski definition) is 3. The van der Waals surface area contributed by atoms with Crippen LogP contribution in [-0.4, -0.2) is 34.7 Å². The Balaban J connectivity index is 1.86. The smallest absolute Gasteiger partial charge is 0.251 e. The normalized spacial score (nSPS) is 18.3. The van der Waals surface area contributed by atoms with Crippen molar-refractivity contribution in [3.8, 4) is 0 Å². The minimum Gasteiger partial charge on any atom is -0.327 e. The largest absolute Gasteiger partial charge is 0.327 e. The molecule has 0 aliphatic carbocycles. The first-order chi connectivity index (χ1) is 11.6. The van der Waals surface area contributed by atoms with E-state index in [1.807, 2.05) is 55.6 Å². The van der Waals surface area contributed by atoms with E-state index in [4.69, 9.17) is 0 Å². The molecule has 0 radical (unpaired) electrons. The van der Waals surface area contributed by atoms with Crippen molar-refractivity contribution in [2.24, 2.45) is 0 Å². The predicted molar refractivity (Wildman–Crippen MR) is 95.7 cm³/mol. The standard InChI is InChI=1S/C19H22N2O2S/c1-3-10-21-17(22)13-20(12-15-8-6-14(2)7-9-15)19(23)18(21)16-5-4-11-24-16/h4-9,11,18H,3,10,12-13H2,1-2H3. The molecule has 1 aromatic heterocycles. The highest BCUT2D eigenvalue weighted by Crippen LogP contribution is 2.31. The van der Waals surface area contributed by atoms with E-state index in [2.05, 4.69) is 0 Å². The number of rotatable bonds is 5. The van der Waals surface area contributed by atoms with Crippen LogP contribution in [-0.2, 0) is 16.1 Å². The van der Waals surface area contributed by atoms with Crippen molar-refractivity contribution in [3.05, 3.63) is 57.8 Å². The van der Waals surface area contributed by atoms with Crippen LogP contribution in [0.15, 0.2) is 41.8 Å². The topological polar surface area (TPSA) is 40.6 Å². The molecule has 1 fully saturated rings. The molecule has 4 nitrogen and oxygen atoms in total. The van der Waals surface area contributed by atoms with Crippen LogP contribution >= 0.6 is 11.3 Å². The molecule has 0 spiro atoms. The number of piperazine rings is 1. The number of carbonyl (C=O) groups excluding carboxylic acids is 2. The first kappa shape index (κ1) is 16.7. The number of hydrogen-bond donors (Lipinski definition) is 0. The van der Waals surface area contributed by atoms with Gasteiger partial charge in [-0.2, -0.15) is 0 Å². The number of carbonyl (C=O) groups is 2. The number of aryl methyl sites for hydroxylation is 1. The molecule has 126 valence electrons. The maximum Gasteiger partial charge on any atom is 0.251 e. The monoisotopic (exact) mass is 342 g/mol. The number of amides is 2. The Morgan fingerprint density at radius 1 is 1.17 bits per heavy atom. The number of thiophene rings is 1. The van der Waals surface area contributed by atoms with Gasteiger partial charge in [0.2, 0.25) is 5.91 Å². The molecule has 0 bridgehead atoms. The summed E-state index contributed by atoms with van der Waals surface area (Å²) in [5.74, 6) is 0.0491. The molecule has 5 heteroatoms. The summed E-state index contributed by atoms with van der Waals surface area (Å²) in [5, 5.41) is 1.95. The first-order valence-corrected chi connectivity index (χ1v) is 9.15.